The average molecular weight is 209 g/mol. The van der Waals surface area contributed by atoms with Crippen molar-refractivity contribution >= 4 is 23.6 Å². The minimum absolute atomic E-state index is 0.245. The van der Waals surface area contributed by atoms with Crippen molar-refractivity contribution in [3.8, 4) is 0 Å². The number of hydrogen-bond acceptors (Lipinski definition) is 5. The van der Waals surface area contributed by atoms with E-state index >= 15 is 0 Å². The standard InChI is InChI=1S/C8H7N3O2S/c12-6-3-14-7(8(13)11-6)5-1-2-9-4-10-5/h1-2,4,7H,3H2,(H,11,12,13). The first-order valence-electron chi connectivity index (χ1n) is 3.98. The largest absolute Gasteiger partial charge is 0.294 e. The number of amides is 2. The van der Waals surface area contributed by atoms with Gasteiger partial charge in [0.15, 0.2) is 0 Å². The normalized spacial score (nSPS) is 21.9. The Hall–Kier alpha value is -1.43. The molecule has 1 N–H and O–H groups in total. The summed E-state index contributed by atoms with van der Waals surface area (Å²) in [5, 5.41) is 1.88. The van der Waals surface area contributed by atoms with Crippen LogP contribution >= 0.6 is 11.8 Å². The van der Waals surface area contributed by atoms with E-state index in [0.29, 0.717) is 11.4 Å². The molecule has 1 aromatic heterocycles. The minimum atomic E-state index is -0.393. The van der Waals surface area contributed by atoms with Crippen LogP contribution in [0.3, 0.4) is 0 Å². The van der Waals surface area contributed by atoms with Crippen LogP contribution in [0.15, 0.2) is 18.6 Å². The molecule has 2 heterocycles. The molecule has 1 fully saturated rings. The van der Waals surface area contributed by atoms with Crippen LogP contribution in [0.5, 0.6) is 0 Å². The van der Waals surface area contributed by atoms with Gasteiger partial charge in [-0.3, -0.25) is 14.9 Å². The van der Waals surface area contributed by atoms with Crippen LogP contribution in [-0.4, -0.2) is 27.5 Å². The molecule has 1 saturated heterocycles. The Labute approximate surface area is 84.3 Å². The molecule has 0 aliphatic carbocycles. The third-order valence-corrected chi connectivity index (χ3v) is 2.97. The van der Waals surface area contributed by atoms with E-state index in [0.717, 1.165) is 0 Å². The van der Waals surface area contributed by atoms with E-state index in [1.54, 1.807) is 12.3 Å². The van der Waals surface area contributed by atoms with Gasteiger partial charge in [-0.1, -0.05) is 0 Å². The monoisotopic (exact) mass is 209 g/mol. The van der Waals surface area contributed by atoms with Crippen LogP contribution < -0.4 is 5.32 Å². The zero-order valence-corrected chi connectivity index (χ0v) is 7.95. The predicted molar refractivity (Wildman–Crippen MR) is 50.4 cm³/mol. The molecule has 2 rings (SSSR count). The molecule has 1 aliphatic heterocycles. The first kappa shape index (κ1) is 9.14. The highest BCUT2D eigenvalue weighted by Crippen LogP contribution is 2.29. The van der Waals surface area contributed by atoms with Crippen LogP contribution in [0.1, 0.15) is 10.9 Å². The third-order valence-electron chi connectivity index (χ3n) is 1.76. The smallest absolute Gasteiger partial charge is 0.245 e. The fraction of sp³-hybridized carbons (Fsp3) is 0.250. The molecule has 1 unspecified atom stereocenters. The van der Waals surface area contributed by atoms with Crippen molar-refractivity contribution in [2.24, 2.45) is 0 Å². The Morgan fingerprint density at radius 1 is 1.50 bits per heavy atom. The third kappa shape index (κ3) is 1.74. The van der Waals surface area contributed by atoms with E-state index in [1.807, 2.05) is 0 Å². The lowest BCUT2D eigenvalue weighted by atomic mass is 10.2. The zero-order chi connectivity index (χ0) is 9.97. The number of nitrogens with one attached hydrogen (secondary N) is 1. The fourth-order valence-electron chi connectivity index (χ4n) is 1.15. The Morgan fingerprint density at radius 3 is 3.00 bits per heavy atom. The van der Waals surface area contributed by atoms with E-state index in [-0.39, 0.29) is 11.8 Å². The summed E-state index contributed by atoms with van der Waals surface area (Å²) < 4.78 is 0. The van der Waals surface area contributed by atoms with Gasteiger partial charge in [-0.15, -0.1) is 11.8 Å². The SMILES string of the molecule is O=C1CSC(c2ccncn2)C(=O)N1. The number of carbonyl (C=O) groups is 2. The summed E-state index contributed by atoms with van der Waals surface area (Å²) >= 11 is 1.28. The van der Waals surface area contributed by atoms with Gasteiger partial charge in [-0.2, -0.15) is 0 Å². The van der Waals surface area contributed by atoms with Crippen LogP contribution in [0, 0.1) is 0 Å². The maximum Gasteiger partial charge on any atom is 0.245 e. The second-order valence-electron chi connectivity index (χ2n) is 2.74. The van der Waals surface area contributed by atoms with Crippen LogP contribution in [0.25, 0.3) is 0 Å². The van der Waals surface area contributed by atoms with Crippen LogP contribution in [0.4, 0.5) is 0 Å². The number of hydrogen-bond donors (Lipinski definition) is 1. The summed E-state index contributed by atoms with van der Waals surface area (Å²) in [4.78, 5) is 30.0. The van der Waals surface area contributed by atoms with Crippen molar-refractivity contribution in [2.45, 2.75) is 5.25 Å². The number of imide groups is 1. The first-order valence-corrected chi connectivity index (χ1v) is 5.03. The zero-order valence-electron chi connectivity index (χ0n) is 7.14. The van der Waals surface area contributed by atoms with Crippen molar-refractivity contribution in [1.82, 2.24) is 15.3 Å². The van der Waals surface area contributed by atoms with Crippen molar-refractivity contribution in [2.75, 3.05) is 5.75 Å². The van der Waals surface area contributed by atoms with Crippen molar-refractivity contribution in [3.63, 3.8) is 0 Å². The highest BCUT2D eigenvalue weighted by Gasteiger charge is 2.29. The van der Waals surface area contributed by atoms with E-state index < -0.39 is 5.25 Å². The van der Waals surface area contributed by atoms with Crippen LogP contribution in [-0.2, 0) is 9.59 Å². The van der Waals surface area contributed by atoms with Gasteiger partial charge in [-0.25, -0.2) is 9.97 Å². The van der Waals surface area contributed by atoms with E-state index in [1.165, 1.54) is 18.1 Å². The Kier molecular flexibility index (Phi) is 2.45. The van der Waals surface area contributed by atoms with Gasteiger partial charge < -0.3 is 0 Å². The quantitative estimate of drug-likeness (QED) is 0.654. The number of rotatable bonds is 1. The molecule has 1 atom stereocenters. The van der Waals surface area contributed by atoms with Gasteiger partial charge in [0.05, 0.1) is 11.4 Å². The molecule has 5 nitrogen and oxygen atoms in total. The van der Waals surface area contributed by atoms with Gasteiger partial charge >= 0.3 is 0 Å². The molecular formula is C8H7N3O2S. The molecule has 0 bridgehead atoms. The lowest BCUT2D eigenvalue weighted by Crippen LogP contribution is -2.39. The lowest BCUT2D eigenvalue weighted by molar-refractivity contribution is -0.129. The summed E-state index contributed by atoms with van der Waals surface area (Å²) in [5.41, 5.74) is 0.634. The van der Waals surface area contributed by atoms with E-state index in [4.69, 9.17) is 0 Å². The predicted octanol–water partition coefficient (Wildman–Crippen LogP) is -0.0927. The maximum atomic E-state index is 11.4. The van der Waals surface area contributed by atoms with E-state index in [2.05, 4.69) is 15.3 Å². The van der Waals surface area contributed by atoms with Crippen LogP contribution in [0.2, 0.25) is 0 Å². The molecule has 14 heavy (non-hydrogen) atoms. The molecule has 2 amide bonds. The van der Waals surface area contributed by atoms with Gasteiger partial charge in [0.2, 0.25) is 11.8 Å². The molecule has 72 valence electrons. The van der Waals surface area contributed by atoms with Crippen molar-refractivity contribution < 1.29 is 9.59 Å². The van der Waals surface area contributed by atoms with Gasteiger partial charge in [0, 0.05) is 6.20 Å². The maximum absolute atomic E-state index is 11.4. The number of aromatic nitrogens is 2. The molecule has 1 aromatic rings. The van der Waals surface area contributed by atoms with Crippen molar-refractivity contribution in [3.05, 3.63) is 24.3 Å². The molecule has 6 heteroatoms. The minimum Gasteiger partial charge on any atom is -0.294 e. The average Bonchev–Trinajstić information content (AvgIpc) is 2.19. The first-order chi connectivity index (χ1) is 6.77. The second-order valence-corrected chi connectivity index (χ2v) is 3.83. The molecule has 0 spiro atoms. The number of nitrogens with zero attached hydrogens (tertiary/aromatic N) is 2. The molecule has 1 aliphatic rings. The Balaban J connectivity index is 2.20. The number of thioether (sulfide) groups is 1. The Bertz CT molecular complexity index is 368. The summed E-state index contributed by atoms with van der Waals surface area (Å²) in [5.74, 6) is -0.254. The lowest BCUT2D eigenvalue weighted by Gasteiger charge is -2.19. The summed E-state index contributed by atoms with van der Waals surface area (Å²) in [6, 6.07) is 1.67. The van der Waals surface area contributed by atoms with Gasteiger partial charge in [0.1, 0.15) is 11.6 Å². The fourth-order valence-corrected chi connectivity index (χ4v) is 2.06. The van der Waals surface area contributed by atoms with Gasteiger partial charge in [-0.05, 0) is 6.07 Å². The summed E-state index contributed by atoms with van der Waals surface area (Å²) in [6.07, 6.45) is 2.96. The molecule has 0 aromatic carbocycles. The Morgan fingerprint density at radius 2 is 2.36 bits per heavy atom. The van der Waals surface area contributed by atoms with Gasteiger partial charge in [0.25, 0.3) is 0 Å². The van der Waals surface area contributed by atoms with Crippen molar-refractivity contribution in [1.29, 1.82) is 0 Å². The second kappa shape index (κ2) is 3.75. The molecular weight excluding hydrogens is 202 g/mol. The summed E-state index contributed by atoms with van der Waals surface area (Å²) in [6.45, 7) is 0. The molecule has 0 saturated carbocycles. The molecule has 0 radical (unpaired) electrons. The number of carbonyl (C=O) groups excluding carboxylic acids is 2. The topological polar surface area (TPSA) is 72.0 Å². The van der Waals surface area contributed by atoms with E-state index in [9.17, 15) is 9.59 Å². The highest BCUT2D eigenvalue weighted by atomic mass is 32.2. The summed E-state index contributed by atoms with van der Waals surface area (Å²) in [7, 11) is 0. The highest BCUT2D eigenvalue weighted by molar-refractivity contribution is 8.01.